The molecule has 5 nitrogen and oxygen atoms in total. The highest BCUT2D eigenvalue weighted by Crippen LogP contribution is 2.30. The number of rotatable bonds is 7. The van der Waals surface area contributed by atoms with Crippen molar-refractivity contribution < 1.29 is 32.3 Å². The van der Waals surface area contributed by atoms with Gasteiger partial charge in [0.2, 0.25) is 0 Å². The van der Waals surface area contributed by atoms with Crippen LogP contribution in [-0.4, -0.2) is 25.9 Å². The van der Waals surface area contributed by atoms with Gasteiger partial charge >= 0.3 is 12.1 Å². The number of halogens is 3. The van der Waals surface area contributed by atoms with Crippen molar-refractivity contribution in [3.63, 3.8) is 0 Å². The van der Waals surface area contributed by atoms with Crippen LogP contribution in [0.5, 0.6) is 0 Å². The fraction of sp³-hybridized carbons (Fsp3) is 0.273. The van der Waals surface area contributed by atoms with E-state index in [0.717, 1.165) is 12.1 Å². The molecule has 0 amide bonds. The third kappa shape index (κ3) is 5.62. The monoisotopic (exact) mass is 421 g/mol. The van der Waals surface area contributed by atoms with E-state index in [2.05, 4.69) is 5.16 Å². The molecule has 0 aromatic heterocycles. The largest absolute Gasteiger partial charge is 0.503 e. The lowest BCUT2D eigenvalue weighted by atomic mass is 9.97. The van der Waals surface area contributed by atoms with Crippen LogP contribution in [0.2, 0.25) is 0 Å². The third-order valence-electron chi connectivity index (χ3n) is 4.29. The summed E-state index contributed by atoms with van der Waals surface area (Å²) in [4.78, 5) is 17.6. The molecule has 0 N–H and O–H groups in total. The minimum Gasteiger partial charge on any atom is -0.503 e. The number of hydrogen-bond acceptors (Lipinski definition) is 5. The van der Waals surface area contributed by atoms with Crippen LogP contribution < -0.4 is 0 Å². The van der Waals surface area contributed by atoms with Gasteiger partial charge in [0.05, 0.1) is 31.8 Å². The molecule has 0 spiro atoms. The van der Waals surface area contributed by atoms with E-state index in [-0.39, 0.29) is 11.3 Å². The molecular weight excluding hydrogens is 399 g/mol. The molecule has 0 radical (unpaired) electrons. The Labute approximate surface area is 172 Å². The normalized spacial score (nSPS) is 13.6. The van der Waals surface area contributed by atoms with Gasteiger partial charge in [-0.3, -0.25) is 0 Å². The Balaban J connectivity index is 2.30. The molecule has 0 saturated heterocycles. The van der Waals surface area contributed by atoms with Gasteiger partial charge in [0.25, 0.3) is 0 Å². The van der Waals surface area contributed by atoms with Crippen LogP contribution in [-0.2, 0) is 25.3 Å². The zero-order chi connectivity index (χ0) is 22.3. The van der Waals surface area contributed by atoms with E-state index >= 15 is 0 Å². The maximum absolute atomic E-state index is 12.9. The number of carbonyl (C=O) groups is 1. The minimum atomic E-state index is -4.44. The van der Waals surface area contributed by atoms with Crippen molar-refractivity contribution in [2.75, 3.05) is 14.2 Å². The molecule has 0 aliphatic heterocycles. The number of hydrogen-bond donors (Lipinski definition) is 0. The van der Waals surface area contributed by atoms with Gasteiger partial charge < -0.3 is 14.3 Å². The first kappa shape index (κ1) is 23.0. The first-order chi connectivity index (χ1) is 14.2. The number of benzene rings is 2. The van der Waals surface area contributed by atoms with Crippen LogP contribution in [0.15, 0.2) is 59.9 Å². The maximum atomic E-state index is 12.9. The number of oxime groups is 1. The first-order valence-corrected chi connectivity index (χ1v) is 8.97. The predicted octanol–water partition coefficient (Wildman–Crippen LogP) is 5.37. The van der Waals surface area contributed by atoms with Crippen molar-refractivity contribution in [1.82, 2.24) is 0 Å². The molecule has 2 aromatic carbocycles. The average molecular weight is 421 g/mol. The molecule has 2 aromatic rings. The summed E-state index contributed by atoms with van der Waals surface area (Å²) in [5, 5.41) is 3.99. The molecule has 1 atom stereocenters. The quantitative estimate of drug-likeness (QED) is 0.198. The lowest BCUT2D eigenvalue weighted by Crippen LogP contribution is -2.09. The first-order valence-electron chi connectivity index (χ1n) is 8.97. The van der Waals surface area contributed by atoms with Gasteiger partial charge in [-0.1, -0.05) is 41.6 Å². The molecule has 0 aliphatic carbocycles. The van der Waals surface area contributed by atoms with Gasteiger partial charge in [-0.05, 0) is 37.1 Å². The Morgan fingerprint density at radius 1 is 1.10 bits per heavy atom. The van der Waals surface area contributed by atoms with E-state index in [4.69, 9.17) is 14.3 Å². The molecule has 160 valence electrons. The second-order valence-corrected chi connectivity index (χ2v) is 6.35. The number of alkyl halides is 3. The van der Waals surface area contributed by atoms with E-state index < -0.39 is 23.8 Å². The summed E-state index contributed by atoms with van der Waals surface area (Å²) in [6, 6.07) is 11.8. The summed E-state index contributed by atoms with van der Waals surface area (Å²) in [7, 11) is 2.67. The van der Waals surface area contributed by atoms with Crippen LogP contribution in [0.25, 0.3) is 5.57 Å². The fourth-order valence-electron chi connectivity index (χ4n) is 2.73. The van der Waals surface area contributed by atoms with Crippen LogP contribution in [0, 0.1) is 0 Å². The summed E-state index contributed by atoms with van der Waals surface area (Å²) in [6.07, 6.45) is -3.78. The Morgan fingerprint density at radius 2 is 1.80 bits per heavy atom. The van der Waals surface area contributed by atoms with Crippen molar-refractivity contribution in [3.8, 4) is 0 Å². The van der Waals surface area contributed by atoms with Gasteiger partial charge in [0, 0.05) is 5.56 Å². The van der Waals surface area contributed by atoms with Crippen molar-refractivity contribution in [2.45, 2.75) is 26.1 Å². The van der Waals surface area contributed by atoms with Crippen molar-refractivity contribution >= 4 is 17.3 Å². The highest BCUT2D eigenvalue weighted by atomic mass is 19.4. The van der Waals surface area contributed by atoms with Gasteiger partial charge in [0.1, 0.15) is 11.7 Å². The molecular formula is C22H22F3NO4. The zero-order valence-corrected chi connectivity index (χ0v) is 17.0. The standard InChI is InChI=1S/C22H22F3NO4/c1-14(16-8-7-9-17(12-16)22(23,24)25)26-30-15(2)18-10-5-6-11-19(18)20(13-28-3)21(27)29-4/h5-13,15H,1-4H3/b20-13-,26-14+. The maximum Gasteiger partial charge on any atom is 0.416 e. The van der Waals surface area contributed by atoms with E-state index in [0.29, 0.717) is 16.7 Å². The Bertz CT molecular complexity index is 951. The number of esters is 1. The number of nitrogens with zero attached hydrogens (tertiary/aromatic N) is 1. The van der Waals surface area contributed by atoms with Gasteiger partial charge in [-0.15, -0.1) is 0 Å². The lowest BCUT2D eigenvalue weighted by Gasteiger charge is -2.16. The summed E-state index contributed by atoms with van der Waals surface area (Å²) >= 11 is 0. The number of methoxy groups -OCH3 is 2. The van der Waals surface area contributed by atoms with E-state index in [1.54, 1.807) is 38.1 Å². The minimum absolute atomic E-state index is 0.199. The Hall–Kier alpha value is -3.29. The van der Waals surface area contributed by atoms with E-state index in [9.17, 15) is 18.0 Å². The highest BCUT2D eigenvalue weighted by molar-refractivity contribution is 6.16. The summed E-state index contributed by atoms with van der Waals surface area (Å²) < 4.78 is 48.5. The fourth-order valence-corrected chi connectivity index (χ4v) is 2.73. The van der Waals surface area contributed by atoms with Gasteiger partial charge in [-0.25, -0.2) is 4.79 Å². The van der Waals surface area contributed by atoms with E-state index in [1.807, 2.05) is 0 Å². The smallest absolute Gasteiger partial charge is 0.416 e. The average Bonchev–Trinajstić information content (AvgIpc) is 2.74. The SMILES string of the molecule is CO/C=C(\C(=O)OC)c1ccccc1C(C)O/N=C(\C)c1cccc(C(F)(F)F)c1. The van der Waals surface area contributed by atoms with Gasteiger partial charge in [-0.2, -0.15) is 13.2 Å². The van der Waals surface area contributed by atoms with E-state index in [1.165, 1.54) is 32.6 Å². The number of ether oxygens (including phenoxy) is 2. The lowest BCUT2D eigenvalue weighted by molar-refractivity contribution is -0.137. The topological polar surface area (TPSA) is 57.1 Å². The molecule has 8 heteroatoms. The molecule has 0 heterocycles. The molecule has 1 unspecified atom stereocenters. The highest BCUT2D eigenvalue weighted by Gasteiger charge is 2.30. The second kappa shape index (κ2) is 9.96. The molecule has 0 fully saturated rings. The van der Waals surface area contributed by atoms with Crippen molar-refractivity contribution in [3.05, 3.63) is 77.0 Å². The molecule has 30 heavy (non-hydrogen) atoms. The van der Waals surface area contributed by atoms with Crippen LogP contribution >= 0.6 is 0 Å². The predicted molar refractivity (Wildman–Crippen MR) is 107 cm³/mol. The zero-order valence-electron chi connectivity index (χ0n) is 17.0. The third-order valence-corrected chi connectivity index (χ3v) is 4.29. The molecule has 2 rings (SSSR count). The van der Waals surface area contributed by atoms with Crippen molar-refractivity contribution in [1.29, 1.82) is 0 Å². The van der Waals surface area contributed by atoms with Crippen molar-refractivity contribution in [2.24, 2.45) is 5.16 Å². The molecule has 0 aliphatic rings. The van der Waals surface area contributed by atoms with Crippen LogP contribution in [0.4, 0.5) is 13.2 Å². The Morgan fingerprint density at radius 3 is 2.43 bits per heavy atom. The molecule has 0 bridgehead atoms. The molecule has 0 saturated carbocycles. The van der Waals surface area contributed by atoms with Crippen LogP contribution in [0.1, 0.15) is 42.2 Å². The number of carbonyl (C=O) groups excluding carboxylic acids is 1. The summed E-state index contributed by atoms with van der Waals surface area (Å²) in [5.41, 5.74) is 1.17. The van der Waals surface area contributed by atoms with Gasteiger partial charge in [0.15, 0.2) is 0 Å². The summed E-state index contributed by atoms with van der Waals surface area (Å²) in [5.74, 6) is -0.583. The summed E-state index contributed by atoms with van der Waals surface area (Å²) in [6.45, 7) is 3.27. The second-order valence-electron chi connectivity index (χ2n) is 6.35. The van der Waals surface area contributed by atoms with Crippen LogP contribution in [0.3, 0.4) is 0 Å². The Kier molecular flexibility index (Phi) is 7.63.